The second kappa shape index (κ2) is 15.9. The number of aliphatic carboxylic acids is 1. The van der Waals surface area contributed by atoms with E-state index in [-0.39, 0.29) is 6.42 Å². The Labute approximate surface area is 203 Å². The number of hydrogen-bond acceptors (Lipinski definition) is 10. The molecule has 15 nitrogen and oxygen atoms in total. The van der Waals surface area contributed by atoms with Gasteiger partial charge in [0.05, 0.1) is 18.8 Å². The topological polar surface area (TPSA) is 266 Å². The first-order valence-corrected chi connectivity index (χ1v) is 11.1. The van der Waals surface area contributed by atoms with Gasteiger partial charge in [0.1, 0.15) is 30.2 Å². The molecule has 7 atom stereocenters. The molecule has 0 aromatic heterocycles. The summed E-state index contributed by atoms with van der Waals surface area (Å²) < 4.78 is 0. The van der Waals surface area contributed by atoms with Crippen LogP contribution in [0.4, 0.5) is 0 Å². The van der Waals surface area contributed by atoms with Crippen LogP contribution >= 0.6 is 0 Å². The molecule has 0 bridgehead atoms. The van der Waals surface area contributed by atoms with Crippen LogP contribution in [0.25, 0.3) is 0 Å². The van der Waals surface area contributed by atoms with Crippen molar-refractivity contribution in [3.63, 3.8) is 0 Å². The first-order chi connectivity index (χ1) is 16.3. The third-order valence-corrected chi connectivity index (χ3v) is 4.97. The van der Waals surface area contributed by atoms with Crippen LogP contribution in [0.1, 0.15) is 40.0 Å². The lowest BCUT2D eigenvalue weighted by Gasteiger charge is -2.27. The summed E-state index contributed by atoms with van der Waals surface area (Å²) >= 11 is 0. The molecule has 0 radical (unpaired) electrons. The number of aliphatic hydroxyl groups is 3. The highest BCUT2D eigenvalue weighted by molar-refractivity contribution is 5.95. The quantitative estimate of drug-likeness (QED) is 0.0888. The van der Waals surface area contributed by atoms with E-state index >= 15 is 0 Å². The van der Waals surface area contributed by atoms with Crippen LogP contribution in [-0.4, -0.2) is 106 Å². The van der Waals surface area contributed by atoms with Gasteiger partial charge in [-0.05, 0) is 46.6 Å². The molecule has 0 fully saturated rings. The number of carbonyl (C=O) groups is 5. The van der Waals surface area contributed by atoms with Crippen molar-refractivity contribution in [3.05, 3.63) is 0 Å². The molecule has 0 saturated carbocycles. The number of carbonyl (C=O) groups excluding carboxylic acids is 4. The first kappa shape index (κ1) is 32.1. The number of unbranched alkanes of at least 4 members (excludes halogenated alkanes) is 1. The van der Waals surface area contributed by atoms with E-state index in [0.717, 1.165) is 0 Å². The van der Waals surface area contributed by atoms with E-state index in [0.29, 0.717) is 19.4 Å². The van der Waals surface area contributed by atoms with Crippen molar-refractivity contribution < 1.29 is 44.4 Å². The van der Waals surface area contributed by atoms with Gasteiger partial charge < -0.3 is 53.2 Å². The van der Waals surface area contributed by atoms with E-state index in [1.807, 2.05) is 0 Å². The van der Waals surface area contributed by atoms with Gasteiger partial charge in [0.25, 0.3) is 0 Å². The Hall–Kier alpha value is -2.85. The molecule has 0 spiro atoms. The number of aliphatic hydroxyl groups excluding tert-OH is 3. The van der Waals surface area contributed by atoms with E-state index in [9.17, 15) is 39.3 Å². The van der Waals surface area contributed by atoms with Crippen molar-refractivity contribution in [2.45, 2.75) is 82.5 Å². The predicted octanol–water partition coefficient (Wildman–Crippen LogP) is -4.76. The molecule has 0 unspecified atom stereocenters. The fourth-order valence-corrected chi connectivity index (χ4v) is 2.81. The minimum atomic E-state index is -1.60. The standard InChI is InChI=1S/C20H38N6O9/c1-9(23-17(31)12(22)8-27)16(30)25-15(11(3)29)19(33)26-14(10(2)28)18(32)24-13(20(34)35)6-4-5-7-21/h9-15,27-29H,4-8,21-22H2,1-3H3,(H,23,31)(H,24,32)(H,25,30)(H,26,33)(H,34,35)/t9-,10+,11+,12-,13-,14-,15-/m0/s1. The smallest absolute Gasteiger partial charge is 0.326 e. The zero-order chi connectivity index (χ0) is 27.3. The van der Waals surface area contributed by atoms with Crippen molar-refractivity contribution in [1.82, 2.24) is 21.3 Å². The second-order valence-corrected chi connectivity index (χ2v) is 8.16. The number of nitrogens with one attached hydrogen (secondary N) is 4. The monoisotopic (exact) mass is 506 g/mol. The average Bonchev–Trinajstić information content (AvgIpc) is 2.78. The Morgan fingerprint density at radius 2 is 1.26 bits per heavy atom. The first-order valence-electron chi connectivity index (χ1n) is 11.1. The molecule has 202 valence electrons. The third-order valence-electron chi connectivity index (χ3n) is 4.97. The lowest BCUT2D eigenvalue weighted by atomic mass is 10.1. The molecule has 0 rings (SSSR count). The lowest BCUT2D eigenvalue weighted by Crippen LogP contribution is -2.62. The third kappa shape index (κ3) is 11.4. The summed E-state index contributed by atoms with van der Waals surface area (Å²) in [5.41, 5.74) is 10.7. The Bertz CT molecular complexity index is 734. The summed E-state index contributed by atoms with van der Waals surface area (Å²) in [7, 11) is 0. The van der Waals surface area contributed by atoms with Crippen molar-refractivity contribution >= 4 is 29.6 Å². The van der Waals surface area contributed by atoms with Gasteiger partial charge in [-0.15, -0.1) is 0 Å². The Morgan fingerprint density at radius 1 is 0.771 bits per heavy atom. The zero-order valence-corrected chi connectivity index (χ0v) is 20.1. The summed E-state index contributed by atoms with van der Waals surface area (Å²) in [5, 5.41) is 47.1. The molecular weight excluding hydrogens is 468 g/mol. The van der Waals surface area contributed by atoms with Gasteiger partial charge >= 0.3 is 5.97 Å². The molecule has 0 aromatic rings. The number of carboxylic acids is 1. The molecule has 0 aromatic carbocycles. The molecule has 0 aliphatic heterocycles. The number of carboxylic acid groups (broad SMARTS) is 1. The normalized spacial score (nSPS) is 17.0. The van der Waals surface area contributed by atoms with Crippen LogP contribution in [0.2, 0.25) is 0 Å². The largest absolute Gasteiger partial charge is 0.480 e. The van der Waals surface area contributed by atoms with E-state index in [1.54, 1.807) is 0 Å². The van der Waals surface area contributed by atoms with Crippen LogP contribution in [0.5, 0.6) is 0 Å². The molecule has 0 aliphatic rings. The Balaban J connectivity index is 5.33. The molecule has 0 saturated heterocycles. The maximum Gasteiger partial charge on any atom is 0.326 e. The summed E-state index contributed by atoms with van der Waals surface area (Å²) in [5.74, 6) is -5.04. The van der Waals surface area contributed by atoms with Gasteiger partial charge in [0, 0.05) is 0 Å². The predicted molar refractivity (Wildman–Crippen MR) is 122 cm³/mol. The van der Waals surface area contributed by atoms with Crippen LogP contribution in [0.15, 0.2) is 0 Å². The fourth-order valence-electron chi connectivity index (χ4n) is 2.81. The van der Waals surface area contributed by atoms with Crippen LogP contribution < -0.4 is 32.7 Å². The van der Waals surface area contributed by atoms with Gasteiger partial charge in [-0.1, -0.05) is 0 Å². The highest BCUT2D eigenvalue weighted by Gasteiger charge is 2.34. The van der Waals surface area contributed by atoms with E-state index in [1.165, 1.54) is 20.8 Å². The van der Waals surface area contributed by atoms with Crippen LogP contribution in [0.3, 0.4) is 0 Å². The maximum absolute atomic E-state index is 12.7. The summed E-state index contributed by atoms with van der Waals surface area (Å²) in [4.78, 5) is 60.9. The number of rotatable bonds is 16. The lowest BCUT2D eigenvalue weighted by molar-refractivity contribution is -0.143. The molecule has 12 N–H and O–H groups in total. The minimum Gasteiger partial charge on any atom is -0.480 e. The van der Waals surface area contributed by atoms with Crippen LogP contribution in [0, 0.1) is 0 Å². The van der Waals surface area contributed by atoms with Crippen molar-refractivity contribution in [1.29, 1.82) is 0 Å². The molecule has 4 amide bonds. The highest BCUT2D eigenvalue weighted by atomic mass is 16.4. The minimum absolute atomic E-state index is 0.0780. The Morgan fingerprint density at radius 3 is 1.69 bits per heavy atom. The maximum atomic E-state index is 12.7. The van der Waals surface area contributed by atoms with Gasteiger partial charge in [-0.3, -0.25) is 19.2 Å². The van der Waals surface area contributed by atoms with E-state index in [2.05, 4.69) is 21.3 Å². The van der Waals surface area contributed by atoms with Gasteiger partial charge in [-0.2, -0.15) is 0 Å². The Kier molecular flexibility index (Phi) is 14.6. The van der Waals surface area contributed by atoms with Gasteiger partial charge in [0.15, 0.2) is 0 Å². The highest BCUT2D eigenvalue weighted by Crippen LogP contribution is 2.04. The zero-order valence-electron chi connectivity index (χ0n) is 20.1. The molecular formula is C20H38N6O9. The molecule has 0 heterocycles. The molecule has 0 aliphatic carbocycles. The van der Waals surface area contributed by atoms with Crippen molar-refractivity contribution in [3.8, 4) is 0 Å². The summed E-state index contributed by atoms with van der Waals surface area (Å²) in [6.45, 7) is 3.33. The molecule has 15 heteroatoms. The SMILES string of the molecule is C[C@H](NC(=O)[C@@H](N)CO)C(=O)N[C@H](C(=O)N[C@H](C(=O)N[C@@H](CCCCN)C(=O)O)[C@@H](C)O)[C@@H](C)O. The van der Waals surface area contributed by atoms with Gasteiger partial charge in [-0.25, -0.2) is 4.79 Å². The van der Waals surface area contributed by atoms with E-state index < -0.39 is 78.6 Å². The van der Waals surface area contributed by atoms with Crippen molar-refractivity contribution in [2.24, 2.45) is 11.5 Å². The van der Waals surface area contributed by atoms with Crippen molar-refractivity contribution in [2.75, 3.05) is 13.2 Å². The average molecular weight is 507 g/mol. The second-order valence-electron chi connectivity index (χ2n) is 8.16. The number of nitrogens with two attached hydrogens (primary N) is 2. The summed E-state index contributed by atoms with van der Waals surface area (Å²) in [6.07, 6.45) is -1.87. The summed E-state index contributed by atoms with van der Waals surface area (Å²) in [6, 6.07) is -6.95. The number of hydrogen-bond donors (Lipinski definition) is 10. The van der Waals surface area contributed by atoms with Crippen LogP contribution in [-0.2, 0) is 24.0 Å². The fraction of sp³-hybridized carbons (Fsp3) is 0.750. The van der Waals surface area contributed by atoms with Gasteiger partial charge in [0.2, 0.25) is 23.6 Å². The molecule has 35 heavy (non-hydrogen) atoms. The van der Waals surface area contributed by atoms with E-state index in [4.69, 9.17) is 16.6 Å². The number of amides is 4.